The van der Waals surface area contributed by atoms with Crippen molar-refractivity contribution in [2.24, 2.45) is 0 Å². The lowest BCUT2D eigenvalue weighted by Crippen LogP contribution is -2.55. The number of methoxy groups -OCH3 is 1. The van der Waals surface area contributed by atoms with Crippen LogP contribution < -0.4 is 10.1 Å². The second-order valence-electron chi connectivity index (χ2n) is 8.58. The zero-order valence-electron chi connectivity index (χ0n) is 19.7. The zero-order valence-corrected chi connectivity index (χ0v) is 20.5. The molecule has 4 rings (SSSR count). The molecule has 0 atom stereocenters. The molecule has 0 aliphatic heterocycles. The zero-order chi connectivity index (χ0) is 25.0. The minimum atomic E-state index is -1.19. The molecule has 0 aliphatic rings. The van der Waals surface area contributed by atoms with E-state index in [1.54, 1.807) is 66.9 Å². The molecule has 0 bridgehead atoms. The maximum absolute atomic E-state index is 13.6. The van der Waals surface area contributed by atoms with Gasteiger partial charge in [-0.15, -0.1) is 5.10 Å². The second kappa shape index (κ2) is 10.1. The number of rotatable bonds is 8. The molecule has 0 spiro atoms. The third-order valence-corrected chi connectivity index (χ3v) is 6.09. The Labute approximate surface area is 208 Å². The fourth-order valence-electron chi connectivity index (χ4n) is 3.70. The number of fused-ring (bicyclic) bond motifs is 1. The van der Waals surface area contributed by atoms with Crippen molar-refractivity contribution >= 4 is 40.1 Å². The molecule has 2 amide bonds. The summed E-state index contributed by atoms with van der Waals surface area (Å²) in [4.78, 5) is 28.6. The maximum Gasteiger partial charge on any atom is 0.249 e. The Hall–Kier alpha value is -3.91. The number of aromatic nitrogens is 3. The average molecular weight is 492 g/mol. The Balaban J connectivity index is 1.61. The van der Waals surface area contributed by atoms with Gasteiger partial charge in [0.25, 0.3) is 0 Å². The van der Waals surface area contributed by atoms with Gasteiger partial charge in [0, 0.05) is 17.3 Å². The van der Waals surface area contributed by atoms with E-state index in [9.17, 15) is 9.59 Å². The predicted octanol–water partition coefficient (Wildman–Crippen LogP) is 4.54. The highest BCUT2D eigenvalue weighted by Gasteiger charge is 2.38. The number of nitrogens with zero attached hydrogens (tertiary/aromatic N) is 4. The number of carbonyl (C=O) groups excluding carboxylic acids is 2. The van der Waals surface area contributed by atoms with Crippen molar-refractivity contribution in [3.05, 3.63) is 83.4 Å². The number of amides is 2. The lowest BCUT2D eigenvalue weighted by atomic mass is 9.99. The monoisotopic (exact) mass is 491 g/mol. The van der Waals surface area contributed by atoms with Gasteiger partial charge < -0.3 is 15.0 Å². The van der Waals surface area contributed by atoms with E-state index in [0.717, 1.165) is 11.1 Å². The Morgan fingerprint density at radius 1 is 1.03 bits per heavy atom. The van der Waals surface area contributed by atoms with Gasteiger partial charge in [-0.05, 0) is 67.9 Å². The number of carbonyl (C=O) groups is 2. The summed E-state index contributed by atoms with van der Waals surface area (Å²) in [7, 11) is 1.58. The number of ether oxygens (including phenoxy) is 1. The number of hydrogen-bond acceptors (Lipinski definition) is 5. The summed E-state index contributed by atoms with van der Waals surface area (Å²) in [6.07, 6.45) is 0. The van der Waals surface area contributed by atoms with E-state index in [4.69, 9.17) is 16.3 Å². The largest absolute Gasteiger partial charge is 0.497 e. The molecule has 1 N–H and O–H groups in total. The summed E-state index contributed by atoms with van der Waals surface area (Å²) in [5, 5.41) is 11.8. The van der Waals surface area contributed by atoms with Crippen LogP contribution in [0.25, 0.3) is 11.0 Å². The fraction of sp³-hybridized carbons (Fsp3) is 0.231. The number of hydrogen-bond donors (Lipinski definition) is 1. The molecule has 4 aromatic rings. The standard InChI is InChI=1S/C26H26ClN5O3/c1-26(2,25(34)28-20-12-14-21(35-3)15-13-20)31(16-18-8-10-19(27)11-9-18)24(33)17-32-23-7-5-4-6-22(23)29-30-32/h4-15H,16-17H2,1-3H3,(H,28,34). The Morgan fingerprint density at radius 3 is 2.40 bits per heavy atom. The van der Waals surface area contributed by atoms with Crippen LogP contribution in [0.3, 0.4) is 0 Å². The third kappa shape index (κ3) is 5.44. The number of anilines is 1. The Kier molecular flexibility index (Phi) is 7.02. The molecule has 0 radical (unpaired) electrons. The van der Waals surface area contributed by atoms with E-state index >= 15 is 0 Å². The van der Waals surface area contributed by atoms with Gasteiger partial charge in [0.2, 0.25) is 11.8 Å². The Bertz CT molecular complexity index is 1330. The maximum atomic E-state index is 13.6. The highest BCUT2D eigenvalue weighted by molar-refractivity contribution is 6.30. The van der Waals surface area contributed by atoms with Crippen LogP contribution in [0.4, 0.5) is 5.69 Å². The molecule has 3 aromatic carbocycles. The molecule has 0 fully saturated rings. The number of benzene rings is 3. The summed E-state index contributed by atoms with van der Waals surface area (Å²) >= 11 is 6.04. The van der Waals surface area contributed by atoms with Crippen molar-refractivity contribution < 1.29 is 14.3 Å². The van der Waals surface area contributed by atoms with Gasteiger partial charge in [0.15, 0.2) is 0 Å². The Morgan fingerprint density at radius 2 is 1.71 bits per heavy atom. The molecule has 0 saturated heterocycles. The molecular formula is C26H26ClN5O3. The highest BCUT2D eigenvalue weighted by atomic mass is 35.5. The summed E-state index contributed by atoms with van der Waals surface area (Å²) in [5.74, 6) is 0.0840. The van der Waals surface area contributed by atoms with Crippen molar-refractivity contribution in [2.75, 3.05) is 12.4 Å². The van der Waals surface area contributed by atoms with Gasteiger partial charge in [0.1, 0.15) is 23.3 Å². The smallest absolute Gasteiger partial charge is 0.249 e. The van der Waals surface area contributed by atoms with Crippen LogP contribution in [0.2, 0.25) is 5.02 Å². The van der Waals surface area contributed by atoms with Gasteiger partial charge in [0.05, 0.1) is 12.6 Å². The molecule has 8 nitrogen and oxygen atoms in total. The molecule has 9 heteroatoms. The van der Waals surface area contributed by atoms with Crippen molar-refractivity contribution in [3.8, 4) is 5.75 Å². The molecule has 0 saturated carbocycles. The first-order valence-corrected chi connectivity index (χ1v) is 11.4. The normalized spacial score (nSPS) is 11.3. The van der Waals surface area contributed by atoms with Gasteiger partial charge in [-0.1, -0.05) is 41.1 Å². The van der Waals surface area contributed by atoms with Crippen molar-refractivity contribution in [2.45, 2.75) is 32.5 Å². The summed E-state index contributed by atoms with van der Waals surface area (Å²) in [5.41, 5.74) is 1.70. The minimum Gasteiger partial charge on any atom is -0.497 e. The lowest BCUT2D eigenvalue weighted by molar-refractivity contribution is -0.145. The fourth-order valence-corrected chi connectivity index (χ4v) is 3.82. The van der Waals surface area contributed by atoms with E-state index in [1.807, 2.05) is 36.4 Å². The van der Waals surface area contributed by atoms with Gasteiger partial charge in [-0.3, -0.25) is 9.59 Å². The predicted molar refractivity (Wildman–Crippen MR) is 135 cm³/mol. The third-order valence-electron chi connectivity index (χ3n) is 5.84. The van der Waals surface area contributed by atoms with E-state index < -0.39 is 5.54 Å². The molecule has 0 aliphatic carbocycles. The molecular weight excluding hydrogens is 466 g/mol. The van der Waals surface area contributed by atoms with Gasteiger partial charge >= 0.3 is 0 Å². The van der Waals surface area contributed by atoms with Crippen molar-refractivity contribution in [3.63, 3.8) is 0 Å². The average Bonchev–Trinajstić information content (AvgIpc) is 3.26. The van der Waals surface area contributed by atoms with Gasteiger partial charge in [-0.25, -0.2) is 4.68 Å². The van der Waals surface area contributed by atoms with Crippen molar-refractivity contribution in [1.29, 1.82) is 0 Å². The van der Waals surface area contributed by atoms with Crippen LogP contribution in [-0.2, 0) is 22.7 Å². The van der Waals surface area contributed by atoms with Crippen LogP contribution in [0, 0.1) is 0 Å². The molecule has 1 aromatic heterocycles. The molecule has 0 unspecified atom stereocenters. The van der Waals surface area contributed by atoms with E-state index in [-0.39, 0.29) is 24.9 Å². The summed E-state index contributed by atoms with van der Waals surface area (Å²) in [6.45, 7) is 3.59. The SMILES string of the molecule is COc1ccc(NC(=O)C(C)(C)N(Cc2ccc(Cl)cc2)C(=O)Cn2nnc3ccccc32)cc1. The second-order valence-corrected chi connectivity index (χ2v) is 9.02. The van der Waals surface area contributed by atoms with Gasteiger partial charge in [-0.2, -0.15) is 0 Å². The summed E-state index contributed by atoms with van der Waals surface area (Å²) < 4.78 is 6.72. The summed E-state index contributed by atoms with van der Waals surface area (Å²) in [6, 6.07) is 21.6. The highest BCUT2D eigenvalue weighted by Crippen LogP contribution is 2.24. The van der Waals surface area contributed by atoms with Crippen LogP contribution in [-0.4, -0.2) is 44.4 Å². The first kappa shape index (κ1) is 24.2. The number of nitrogens with one attached hydrogen (secondary N) is 1. The van der Waals surface area contributed by atoms with E-state index in [2.05, 4.69) is 15.6 Å². The number of para-hydroxylation sites is 1. The molecule has 1 heterocycles. The molecule has 180 valence electrons. The van der Waals surface area contributed by atoms with E-state index in [1.165, 1.54) is 0 Å². The lowest BCUT2D eigenvalue weighted by Gasteiger charge is -2.37. The minimum absolute atomic E-state index is 0.0622. The topological polar surface area (TPSA) is 89.4 Å². The quantitative estimate of drug-likeness (QED) is 0.391. The van der Waals surface area contributed by atoms with E-state index in [0.29, 0.717) is 22.0 Å². The van der Waals surface area contributed by atoms with Crippen molar-refractivity contribution in [1.82, 2.24) is 19.9 Å². The van der Waals surface area contributed by atoms with Crippen LogP contribution in [0.5, 0.6) is 5.75 Å². The molecule has 35 heavy (non-hydrogen) atoms. The number of halogens is 1. The van der Waals surface area contributed by atoms with Crippen LogP contribution in [0.1, 0.15) is 19.4 Å². The first-order chi connectivity index (χ1) is 16.8. The van der Waals surface area contributed by atoms with Crippen LogP contribution >= 0.6 is 11.6 Å². The first-order valence-electron chi connectivity index (χ1n) is 11.1. The van der Waals surface area contributed by atoms with Crippen LogP contribution in [0.15, 0.2) is 72.8 Å².